The number of nitriles is 1. The average molecular weight is 293 g/mol. The van der Waals surface area contributed by atoms with Crippen LogP contribution in [0.4, 0.5) is 4.39 Å². The molecule has 0 saturated heterocycles. The van der Waals surface area contributed by atoms with E-state index in [2.05, 4.69) is 22.3 Å². The van der Waals surface area contributed by atoms with Crippen molar-refractivity contribution in [2.75, 3.05) is 0 Å². The fraction of sp³-hybridized carbons (Fsp3) is 0. The Morgan fingerprint density at radius 2 is 2.05 bits per heavy atom. The standard InChI is InChI=1S/C16H8FN3S/c17-12-7-13-11(5-10(12)8-18)16(20-19-13)15-6-9-3-1-2-4-14(9)21-15/h1-7H,(H,19,20). The number of aromatic nitrogens is 2. The van der Waals surface area contributed by atoms with Gasteiger partial charge < -0.3 is 0 Å². The van der Waals surface area contributed by atoms with Gasteiger partial charge in [-0.2, -0.15) is 10.4 Å². The summed E-state index contributed by atoms with van der Waals surface area (Å²) in [6.45, 7) is 0. The van der Waals surface area contributed by atoms with Gasteiger partial charge in [0.05, 0.1) is 16.0 Å². The minimum Gasteiger partial charge on any atom is -0.277 e. The van der Waals surface area contributed by atoms with Crippen molar-refractivity contribution in [3.05, 3.63) is 53.8 Å². The molecule has 4 aromatic rings. The average Bonchev–Trinajstić information content (AvgIpc) is 3.08. The monoisotopic (exact) mass is 293 g/mol. The number of hydrogen-bond acceptors (Lipinski definition) is 3. The number of nitrogens with one attached hydrogen (secondary N) is 1. The maximum absolute atomic E-state index is 13.6. The van der Waals surface area contributed by atoms with Crippen molar-refractivity contribution in [1.29, 1.82) is 5.26 Å². The fourth-order valence-corrected chi connectivity index (χ4v) is 3.48. The van der Waals surface area contributed by atoms with E-state index in [0.717, 1.165) is 21.3 Å². The van der Waals surface area contributed by atoms with Crippen LogP contribution in [0.5, 0.6) is 0 Å². The molecule has 4 rings (SSSR count). The summed E-state index contributed by atoms with van der Waals surface area (Å²) in [6, 6.07) is 14.9. The molecule has 1 N–H and O–H groups in total. The first-order chi connectivity index (χ1) is 10.3. The minimum absolute atomic E-state index is 0.0336. The number of nitrogens with zero attached hydrogens (tertiary/aromatic N) is 2. The third-order valence-electron chi connectivity index (χ3n) is 3.43. The van der Waals surface area contributed by atoms with Crippen LogP contribution in [-0.4, -0.2) is 10.2 Å². The Labute approximate surface area is 123 Å². The summed E-state index contributed by atoms with van der Waals surface area (Å²) in [6.07, 6.45) is 0. The van der Waals surface area contributed by atoms with Gasteiger partial charge in [0, 0.05) is 16.2 Å². The minimum atomic E-state index is -0.531. The van der Waals surface area contributed by atoms with E-state index in [1.54, 1.807) is 17.4 Å². The van der Waals surface area contributed by atoms with Gasteiger partial charge in [0.15, 0.2) is 0 Å². The molecule has 0 fully saturated rings. The first-order valence-corrected chi connectivity index (χ1v) is 7.14. The number of rotatable bonds is 1. The second kappa shape index (κ2) is 4.40. The normalized spacial score (nSPS) is 11.0. The molecule has 2 heterocycles. The van der Waals surface area contributed by atoms with Crippen LogP contribution in [0, 0.1) is 17.1 Å². The van der Waals surface area contributed by atoms with Crippen molar-refractivity contribution < 1.29 is 4.39 Å². The van der Waals surface area contributed by atoms with E-state index in [1.807, 2.05) is 24.3 Å². The lowest BCUT2D eigenvalue weighted by molar-refractivity contribution is 0.625. The summed E-state index contributed by atoms with van der Waals surface area (Å²) in [5, 5.41) is 18.0. The molecule has 3 nitrogen and oxygen atoms in total. The zero-order valence-electron chi connectivity index (χ0n) is 10.7. The summed E-state index contributed by atoms with van der Waals surface area (Å²) in [7, 11) is 0. The van der Waals surface area contributed by atoms with Crippen molar-refractivity contribution in [2.24, 2.45) is 0 Å². The van der Waals surface area contributed by atoms with Gasteiger partial charge in [-0.15, -0.1) is 11.3 Å². The molecule has 2 aromatic carbocycles. The molecule has 0 spiro atoms. The number of H-pyrrole nitrogens is 1. The van der Waals surface area contributed by atoms with Gasteiger partial charge in [0.2, 0.25) is 0 Å². The molecular weight excluding hydrogens is 285 g/mol. The molecule has 0 amide bonds. The van der Waals surface area contributed by atoms with Gasteiger partial charge in [0.25, 0.3) is 0 Å². The van der Waals surface area contributed by atoms with E-state index in [9.17, 15) is 4.39 Å². The lowest BCUT2D eigenvalue weighted by Gasteiger charge is -1.95. The van der Waals surface area contributed by atoms with E-state index >= 15 is 0 Å². The Morgan fingerprint density at radius 1 is 1.19 bits per heavy atom. The second-order valence-electron chi connectivity index (χ2n) is 4.71. The second-order valence-corrected chi connectivity index (χ2v) is 5.79. The summed E-state index contributed by atoms with van der Waals surface area (Å²) < 4.78 is 14.8. The highest BCUT2D eigenvalue weighted by Gasteiger charge is 2.14. The van der Waals surface area contributed by atoms with Crippen LogP contribution >= 0.6 is 11.3 Å². The number of thiophene rings is 1. The Hall–Kier alpha value is -2.71. The van der Waals surface area contributed by atoms with E-state index in [1.165, 1.54) is 10.8 Å². The number of aromatic amines is 1. The SMILES string of the molecule is N#Cc1cc2c(-c3cc4ccccc4s3)n[nH]c2cc1F. The lowest BCUT2D eigenvalue weighted by Crippen LogP contribution is -1.83. The summed E-state index contributed by atoms with van der Waals surface area (Å²) in [4.78, 5) is 0.998. The van der Waals surface area contributed by atoms with Crippen molar-refractivity contribution in [2.45, 2.75) is 0 Å². The van der Waals surface area contributed by atoms with E-state index in [-0.39, 0.29) is 5.56 Å². The van der Waals surface area contributed by atoms with Gasteiger partial charge in [-0.1, -0.05) is 18.2 Å². The topological polar surface area (TPSA) is 52.5 Å². The molecule has 0 atom stereocenters. The van der Waals surface area contributed by atoms with Crippen molar-refractivity contribution in [1.82, 2.24) is 10.2 Å². The maximum atomic E-state index is 13.6. The molecule has 0 aliphatic rings. The molecule has 0 aliphatic heterocycles. The molecule has 0 radical (unpaired) electrons. The summed E-state index contributed by atoms with van der Waals surface area (Å²) in [5.41, 5.74) is 1.38. The number of halogens is 1. The van der Waals surface area contributed by atoms with Gasteiger partial charge in [0.1, 0.15) is 17.6 Å². The molecule has 0 aliphatic carbocycles. The number of benzene rings is 2. The van der Waals surface area contributed by atoms with E-state index in [0.29, 0.717) is 5.52 Å². The molecule has 0 saturated carbocycles. The van der Waals surface area contributed by atoms with Crippen molar-refractivity contribution in [3.63, 3.8) is 0 Å². The first-order valence-electron chi connectivity index (χ1n) is 6.33. The van der Waals surface area contributed by atoms with Crippen molar-refractivity contribution >= 4 is 32.3 Å². The van der Waals surface area contributed by atoms with Crippen LogP contribution in [-0.2, 0) is 0 Å². The van der Waals surface area contributed by atoms with E-state index in [4.69, 9.17) is 5.26 Å². The van der Waals surface area contributed by atoms with Gasteiger partial charge >= 0.3 is 0 Å². The van der Waals surface area contributed by atoms with Crippen LogP contribution in [0.3, 0.4) is 0 Å². The third-order valence-corrected chi connectivity index (χ3v) is 4.55. The lowest BCUT2D eigenvalue weighted by atomic mass is 10.1. The molecule has 5 heteroatoms. The zero-order chi connectivity index (χ0) is 14.4. The quantitative estimate of drug-likeness (QED) is 0.563. The van der Waals surface area contributed by atoms with E-state index < -0.39 is 5.82 Å². The Balaban J connectivity index is 2.00. The van der Waals surface area contributed by atoms with Crippen molar-refractivity contribution in [3.8, 4) is 16.6 Å². The van der Waals surface area contributed by atoms with Crippen LogP contribution in [0.25, 0.3) is 31.6 Å². The van der Waals surface area contributed by atoms with Crippen LogP contribution < -0.4 is 0 Å². The molecule has 100 valence electrons. The molecule has 0 bridgehead atoms. The highest BCUT2D eigenvalue weighted by atomic mass is 32.1. The summed E-state index contributed by atoms with van der Waals surface area (Å²) >= 11 is 1.63. The largest absolute Gasteiger partial charge is 0.277 e. The molecule has 2 aromatic heterocycles. The van der Waals surface area contributed by atoms with Crippen LogP contribution in [0.1, 0.15) is 5.56 Å². The highest BCUT2D eigenvalue weighted by molar-refractivity contribution is 7.22. The van der Waals surface area contributed by atoms with Crippen LogP contribution in [0.15, 0.2) is 42.5 Å². The Kier molecular flexibility index (Phi) is 2.53. The Morgan fingerprint density at radius 3 is 2.86 bits per heavy atom. The third kappa shape index (κ3) is 1.81. The predicted molar refractivity (Wildman–Crippen MR) is 81.6 cm³/mol. The van der Waals surface area contributed by atoms with Crippen LogP contribution in [0.2, 0.25) is 0 Å². The number of fused-ring (bicyclic) bond motifs is 2. The predicted octanol–water partition coefficient (Wildman–Crippen LogP) is 4.46. The molecule has 21 heavy (non-hydrogen) atoms. The molecule has 0 unspecified atom stereocenters. The van der Waals surface area contributed by atoms with Gasteiger partial charge in [-0.05, 0) is 23.6 Å². The van der Waals surface area contributed by atoms with Gasteiger partial charge in [-0.25, -0.2) is 4.39 Å². The fourth-order valence-electron chi connectivity index (χ4n) is 2.41. The Bertz CT molecular complexity index is 990. The zero-order valence-corrected chi connectivity index (χ0v) is 11.5. The van der Waals surface area contributed by atoms with Gasteiger partial charge in [-0.3, -0.25) is 5.10 Å². The smallest absolute Gasteiger partial charge is 0.143 e. The summed E-state index contributed by atoms with van der Waals surface area (Å²) in [5.74, 6) is -0.531. The molecular formula is C16H8FN3S. The number of hydrogen-bond donors (Lipinski definition) is 1. The first kappa shape index (κ1) is 12.1. The maximum Gasteiger partial charge on any atom is 0.143 e. The highest BCUT2D eigenvalue weighted by Crippen LogP contribution is 2.36.